The van der Waals surface area contributed by atoms with Crippen molar-refractivity contribution in [2.24, 2.45) is 0 Å². The highest BCUT2D eigenvalue weighted by Gasteiger charge is 2.17. The second kappa shape index (κ2) is 10.4. The number of para-hydroxylation sites is 1. The number of benzene rings is 3. The lowest BCUT2D eigenvalue weighted by molar-refractivity contribution is -0.123. The molecule has 0 saturated heterocycles. The van der Waals surface area contributed by atoms with Crippen molar-refractivity contribution in [2.75, 3.05) is 18.4 Å². The van der Waals surface area contributed by atoms with E-state index in [1.807, 2.05) is 50.2 Å². The molecule has 1 amide bonds. The Labute approximate surface area is 194 Å². The fourth-order valence-corrected chi connectivity index (χ4v) is 4.46. The van der Waals surface area contributed by atoms with E-state index in [9.17, 15) is 13.2 Å². The fraction of sp³-hybridized carbons (Fsp3) is 0.240. The molecule has 174 valence electrons. The molecule has 0 bridgehead atoms. The Morgan fingerprint density at radius 1 is 0.970 bits per heavy atom. The van der Waals surface area contributed by atoms with Crippen LogP contribution < -0.4 is 19.5 Å². The van der Waals surface area contributed by atoms with E-state index in [2.05, 4.69) is 10.0 Å². The normalized spacial score (nSPS) is 12.0. The van der Waals surface area contributed by atoms with Gasteiger partial charge in [0, 0.05) is 11.3 Å². The molecule has 33 heavy (non-hydrogen) atoms. The maximum absolute atomic E-state index is 12.7. The van der Waals surface area contributed by atoms with E-state index < -0.39 is 10.0 Å². The van der Waals surface area contributed by atoms with Gasteiger partial charge >= 0.3 is 0 Å². The Morgan fingerprint density at radius 3 is 2.33 bits per heavy atom. The highest BCUT2D eigenvalue weighted by molar-refractivity contribution is 7.92. The van der Waals surface area contributed by atoms with Gasteiger partial charge in [-0.2, -0.15) is 0 Å². The topological polar surface area (TPSA) is 93.7 Å². The fourth-order valence-electron chi connectivity index (χ4n) is 3.32. The van der Waals surface area contributed by atoms with E-state index >= 15 is 0 Å². The molecule has 0 aromatic heterocycles. The van der Waals surface area contributed by atoms with Crippen LogP contribution in [0.4, 0.5) is 5.69 Å². The molecule has 2 N–H and O–H groups in total. The third kappa shape index (κ3) is 6.26. The SMILES string of the molecule is COc1ccccc1[C@@H](C)NC(=O)COc1ccc(S(=O)(=O)Nc2ccc(C)cc2)cc1C. The van der Waals surface area contributed by atoms with Crippen molar-refractivity contribution >= 4 is 21.6 Å². The van der Waals surface area contributed by atoms with Crippen molar-refractivity contribution in [2.45, 2.75) is 31.7 Å². The van der Waals surface area contributed by atoms with E-state index in [4.69, 9.17) is 9.47 Å². The standard InChI is InChI=1S/C25H28N2O5S/c1-17-9-11-20(12-10-17)27-33(29,30)21-13-14-23(18(2)15-21)32-16-25(28)26-19(3)22-7-5-6-8-24(22)31-4/h5-15,19,27H,16H2,1-4H3,(H,26,28)/t19-/m1/s1. The molecule has 3 aromatic rings. The van der Waals surface area contributed by atoms with Gasteiger partial charge in [0.2, 0.25) is 0 Å². The van der Waals surface area contributed by atoms with Crippen LogP contribution in [0.15, 0.2) is 71.6 Å². The average molecular weight is 469 g/mol. The van der Waals surface area contributed by atoms with Gasteiger partial charge in [-0.3, -0.25) is 9.52 Å². The van der Waals surface area contributed by atoms with Crippen molar-refractivity contribution in [3.8, 4) is 11.5 Å². The summed E-state index contributed by atoms with van der Waals surface area (Å²) >= 11 is 0. The molecular formula is C25H28N2O5S. The third-order valence-electron chi connectivity index (χ3n) is 5.10. The van der Waals surface area contributed by atoms with E-state index in [-0.39, 0.29) is 23.5 Å². The second-order valence-corrected chi connectivity index (χ2v) is 9.40. The van der Waals surface area contributed by atoms with Crippen molar-refractivity contribution < 1.29 is 22.7 Å². The largest absolute Gasteiger partial charge is 0.496 e. The Morgan fingerprint density at radius 2 is 1.67 bits per heavy atom. The molecule has 0 spiro atoms. The number of anilines is 1. The minimum Gasteiger partial charge on any atom is -0.496 e. The van der Waals surface area contributed by atoms with Crippen molar-refractivity contribution in [1.82, 2.24) is 5.32 Å². The lowest BCUT2D eigenvalue weighted by atomic mass is 10.1. The first-order valence-electron chi connectivity index (χ1n) is 10.4. The number of aryl methyl sites for hydroxylation is 2. The van der Waals surface area contributed by atoms with Gasteiger partial charge < -0.3 is 14.8 Å². The molecule has 3 rings (SSSR count). The molecule has 0 heterocycles. The Hall–Kier alpha value is -3.52. The van der Waals surface area contributed by atoms with E-state index in [0.717, 1.165) is 11.1 Å². The minimum absolute atomic E-state index is 0.113. The van der Waals surface area contributed by atoms with E-state index in [0.29, 0.717) is 22.7 Å². The van der Waals surface area contributed by atoms with Gasteiger partial charge in [-0.05, 0) is 62.7 Å². The molecule has 0 unspecified atom stereocenters. The average Bonchev–Trinajstić information content (AvgIpc) is 2.79. The van der Waals surface area contributed by atoms with Crippen molar-refractivity contribution in [1.29, 1.82) is 0 Å². The van der Waals surface area contributed by atoms with E-state index in [1.165, 1.54) is 12.1 Å². The quantitative estimate of drug-likeness (QED) is 0.486. The summed E-state index contributed by atoms with van der Waals surface area (Å²) in [5.41, 5.74) is 2.99. The van der Waals surface area contributed by atoms with Gasteiger partial charge in [-0.1, -0.05) is 35.9 Å². The number of sulfonamides is 1. The summed E-state index contributed by atoms with van der Waals surface area (Å²) in [6.07, 6.45) is 0. The van der Waals surface area contributed by atoms with Gasteiger partial charge in [0.05, 0.1) is 18.0 Å². The summed E-state index contributed by atoms with van der Waals surface area (Å²) in [4.78, 5) is 12.5. The van der Waals surface area contributed by atoms with Gasteiger partial charge in [-0.15, -0.1) is 0 Å². The molecule has 0 aliphatic carbocycles. The number of nitrogens with one attached hydrogen (secondary N) is 2. The number of rotatable bonds is 9. The van der Waals surface area contributed by atoms with Crippen molar-refractivity contribution in [3.63, 3.8) is 0 Å². The van der Waals surface area contributed by atoms with Crippen LogP contribution in [0.3, 0.4) is 0 Å². The van der Waals surface area contributed by atoms with Gasteiger partial charge in [0.1, 0.15) is 11.5 Å². The predicted molar refractivity (Wildman–Crippen MR) is 128 cm³/mol. The summed E-state index contributed by atoms with van der Waals surface area (Å²) in [6.45, 7) is 5.32. The van der Waals surface area contributed by atoms with Gasteiger partial charge in [-0.25, -0.2) is 8.42 Å². The van der Waals surface area contributed by atoms with Crippen LogP contribution in [-0.4, -0.2) is 28.0 Å². The number of hydrogen-bond donors (Lipinski definition) is 2. The smallest absolute Gasteiger partial charge is 0.261 e. The zero-order valence-electron chi connectivity index (χ0n) is 19.1. The number of carbonyl (C=O) groups excluding carboxylic acids is 1. The van der Waals surface area contributed by atoms with E-state index in [1.54, 1.807) is 32.2 Å². The van der Waals surface area contributed by atoms with Crippen LogP contribution in [0.2, 0.25) is 0 Å². The van der Waals surface area contributed by atoms with Crippen LogP contribution in [-0.2, 0) is 14.8 Å². The van der Waals surface area contributed by atoms with Crippen LogP contribution in [0.1, 0.15) is 29.7 Å². The number of hydrogen-bond acceptors (Lipinski definition) is 5. The Balaban J connectivity index is 1.62. The maximum Gasteiger partial charge on any atom is 0.261 e. The highest BCUT2D eigenvalue weighted by Crippen LogP contribution is 2.25. The minimum atomic E-state index is -3.75. The lowest BCUT2D eigenvalue weighted by Gasteiger charge is -2.18. The second-order valence-electron chi connectivity index (χ2n) is 7.72. The number of ether oxygens (including phenoxy) is 2. The number of carbonyl (C=O) groups is 1. The van der Waals surface area contributed by atoms with Crippen LogP contribution in [0, 0.1) is 13.8 Å². The van der Waals surface area contributed by atoms with Crippen LogP contribution in [0.25, 0.3) is 0 Å². The number of amides is 1. The molecule has 0 fully saturated rings. The van der Waals surface area contributed by atoms with Crippen LogP contribution >= 0.6 is 0 Å². The molecule has 0 aliphatic rings. The summed E-state index contributed by atoms with van der Waals surface area (Å²) in [5, 5.41) is 2.88. The zero-order valence-corrected chi connectivity index (χ0v) is 19.9. The van der Waals surface area contributed by atoms with Gasteiger partial charge in [0.25, 0.3) is 15.9 Å². The first-order chi connectivity index (χ1) is 15.7. The molecule has 3 aromatic carbocycles. The summed E-state index contributed by atoms with van der Waals surface area (Å²) in [5.74, 6) is 0.827. The summed E-state index contributed by atoms with van der Waals surface area (Å²) in [7, 11) is -2.16. The molecule has 8 heteroatoms. The first-order valence-corrected chi connectivity index (χ1v) is 11.9. The summed E-state index contributed by atoms with van der Waals surface area (Å²) < 4.78 is 38.9. The Kier molecular flexibility index (Phi) is 7.60. The maximum atomic E-state index is 12.7. The third-order valence-corrected chi connectivity index (χ3v) is 6.48. The molecule has 0 aliphatic heterocycles. The lowest BCUT2D eigenvalue weighted by Crippen LogP contribution is -2.31. The summed E-state index contributed by atoms with van der Waals surface area (Å²) in [6, 6.07) is 18.8. The monoisotopic (exact) mass is 468 g/mol. The predicted octanol–water partition coefficient (Wildman–Crippen LogP) is 4.37. The molecule has 1 atom stereocenters. The first kappa shape index (κ1) is 24.1. The molecule has 0 saturated carbocycles. The molecule has 7 nitrogen and oxygen atoms in total. The number of methoxy groups -OCH3 is 1. The van der Waals surface area contributed by atoms with Crippen LogP contribution in [0.5, 0.6) is 11.5 Å². The van der Waals surface area contributed by atoms with Gasteiger partial charge in [0.15, 0.2) is 6.61 Å². The highest BCUT2D eigenvalue weighted by atomic mass is 32.2. The molecule has 0 radical (unpaired) electrons. The Bertz CT molecular complexity index is 1220. The molecular weight excluding hydrogens is 440 g/mol. The van der Waals surface area contributed by atoms with Crippen molar-refractivity contribution in [3.05, 3.63) is 83.4 Å². The zero-order chi connectivity index (χ0) is 24.0.